The van der Waals surface area contributed by atoms with Gasteiger partial charge in [0.05, 0.1) is 5.02 Å². The molecule has 2 aliphatic rings. The normalized spacial score (nSPS) is 28.6. The molecular formula is C16H20ClFN2O. The monoisotopic (exact) mass is 310 g/mol. The SMILES string of the molecule is CN(Cc1cccc(Cl)c1F)[C@H]1C[C@H]2CC(=O)NC[C@H]2C1. The summed E-state index contributed by atoms with van der Waals surface area (Å²) in [4.78, 5) is 13.7. The van der Waals surface area contributed by atoms with Crippen LogP contribution in [-0.4, -0.2) is 30.4 Å². The van der Waals surface area contributed by atoms with E-state index in [1.54, 1.807) is 18.2 Å². The smallest absolute Gasteiger partial charge is 0.220 e. The Balaban J connectivity index is 1.65. The van der Waals surface area contributed by atoms with Crippen molar-refractivity contribution in [3.05, 3.63) is 34.6 Å². The van der Waals surface area contributed by atoms with Gasteiger partial charge in [-0.2, -0.15) is 0 Å². The molecule has 0 aromatic heterocycles. The maximum atomic E-state index is 14.0. The Morgan fingerprint density at radius 3 is 2.95 bits per heavy atom. The van der Waals surface area contributed by atoms with Crippen LogP contribution in [0.25, 0.3) is 0 Å². The van der Waals surface area contributed by atoms with Gasteiger partial charge in [-0.3, -0.25) is 9.69 Å². The van der Waals surface area contributed by atoms with Crippen LogP contribution in [0.3, 0.4) is 0 Å². The fourth-order valence-corrected chi connectivity index (χ4v) is 3.86. The largest absolute Gasteiger partial charge is 0.356 e. The average Bonchev–Trinajstić information content (AvgIpc) is 2.87. The van der Waals surface area contributed by atoms with E-state index >= 15 is 0 Å². The lowest BCUT2D eigenvalue weighted by Gasteiger charge is -2.24. The van der Waals surface area contributed by atoms with Crippen LogP contribution in [0.1, 0.15) is 24.8 Å². The van der Waals surface area contributed by atoms with E-state index in [4.69, 9.17) is 11.6 Å². The van der Waals surface area contributed by atoms with Crippen molar-refractivity contribution in [3.8, 4) is 0 Å². The van der Waals surface area contributed by atoms with E-state index in [0.29, 0.717) is 36.4 Å². The van der Waals surface area contributed by atoms with Crippen molar-refractivity contribution < 1.29 is 9.18 Å². The van der Waals surface area contributed by atoms with E-state index in [9.17, 15) is 9.18 Å². The van der Waals surface area contributed by atoms with Crippen molar-refractivity contribution in [2.45, 2.75) is 31.8 Å². The van der Waals surface area contributed by atoms with Crippen LogP contribution < -0.4 is 5.32 Å². The van der Waals surface area contributed by atoms with Crippen LogP contribution >= 0.6 is 11.6 Å². The zero-order valence-corrected chi connectivity index (χ0v) is 12.9. The molecule has 5 heteroatoms. The van der Waals surface area contributed by atoms with Crippen molar-refractivity contribution in [1.82, 2.24) is 10.2 Å². The second-order valence-electron chi connectivity index (χ2n) is 6.28. The van der Waals surface area contributed by atoms with Gasteiger partial charge in [-0.1, -0.05) is 23.7 Å². The van der Waals surface area contributed by atoms with Gasteiger partial charge in [0, 0.05) is 31.1 Å². The topological polar surface area (TPSA) is 32.3 Å². The van der Waals surface area contributed by atoms with Crippen LogP contribution in [0.4, 0.5) is 4.39 Å². The number of rotatable bonds is 3. The first-order chi connectivity index (χ1) is 10.0. The molecular weight excluding hydrogens is 291 g/mol. The van der Waals surface area contributed by atoms with Crippen molar-refractivity contribution in [2.24, 2.45) is 11.8 Å². The number of hydrogen-bond donors (Lipinski definition) is 1. The molecule has 1 amide bonds. The zero-order chi connectivity index (χ0) is 15.0. The summed E-state index contributed by atoms with van der Waals surface area (Å²) in [7, 11) is 2.03. The number of fused-ring (bicyclic) bond motifs is 1. The van der Waals surface area contributed by atoms with Crippen LogP contribution in [0, 0.1) is 17.7 Å². The van der Waals surface area contributed by atoms with Gasteiger partial charge in [-0.25, -0.2) is 4.39 Å². The number of nitrogens with zero attached hydrogens (tertiary/aromatic N) is 1. The minimum absolute atomic E-state index is 0.167. The highest BCUT2D eigenvalue weighted by atomic mass is 35.5. The molecule has 1 aliphatic heterocycles. The van der Waals surface area contributed by atoms with Gasteiger partial charge >= 0.3 is 0 Å². The molecule has 1 aliphatic carbocycles. The zero-order valence-electron chi connectivity index (χ0n) is 12.1. The molecule has 0 bridgehead atoms. The van der Waals surface area contributed by atoms with Gasteiger partial charge in [-0.15, -0.1) is 0 Å². The first-order valence-electron chi connectivity index (χ1n) is 7.44. The first kappa shape index (κ1) is 14.8. The minimum Gasteiger partial charge on any atom is -0.356 e. The molecule has 0 radical (unpaired) electrons. The van der Waals surface area contributed by atoms with Crippen LogP contribution in [0.5, 0.6) is 0 Å². The third kappa shape index (κ3) is 3.06. The van der Waals surface area contributed by atoms with Crippen molar-refractivity contribution in [3.63, 3.8) is 0 Å². The number of hydrogen-bond acceptors (Lipinski definition) is 2. The quantitative estimate of drug-likeness (QED) is 0.931. The average molecular weight is 311 g/mol. The van der Waals surface area contributed by atoms with E-state index in [1.165, 1.54) is 0 Å². The Morgan fingerprint density at radius 1 is 1.38 bits per heavy atom. The van der Waals surface area contributed by atoms with Gasteiger partial charge in [0.2, 0.25) is 5.91 Å². The molecule has 2 fully saturated rings. The van der Waals surface area contributed by atoms with Crippen molar-refractivity contribution in [2.75, 3.05) is 13.6 Å². The number of halogens is 2. The molecule has 3 atom stereocenters. The minimum atomic E-state index is -0.321. The number of carbonyl (C=O) groups excluding carboxylic acids is 1. The van der Waals surface area contributed by atoms with Gasteiger partial charge in [0.15, 0.2) is 0 Å². The van der Waals surface area contributed by atoms with Gasteiger partial charge in [-0.05, 0) is 37.8 Å². The summed E-state index contributed by atoms with van der Waals surface area (Å²) < 4.78 is 14.0. The van der Waals surface area contributed by atoms with E-state index < -0.39 is 0 Å². The molecule has 1 heterocycles. The first-order valence-corrected chi connectivity index (χ1v) is 7.82. The number of amides is 1. The fraction of sp³-hybridized carbons (Fsp3) is 0.562. The summed E-state index contributed by atoms with van der Waals surface area (Å²) in [5, 5.41) is 3.12. The molecule has 1 saturated heterocycles. The van der Waals surface area contributed by atoms with Crippen LogP contribution in [-0.2, 0) is 11.3 Å². The molecule has 21 heavy (non-hydrogen) atoms. The van der Waals surface area contributed by atoms with Gasteiger partial charge < -0.3 is 5.32 Å². The van der Waals surface area contributed by atoms with Crippen molar-refractivity contribution >= 4 is 17.5 Å². The molecule has 3 rings (SSSR count). The summed E-state index contributed by atoms with van der Waals surface area (Å²) in [5.74, 6) is 0.897. The molecule has 1 aromatic rings. The van der Waals surface area contributed by atoms with E-state index in [0.717, 1.165) is 19.4 Å². The summed E-state index contributed by atoms with van der Waals surface area (Å²) in [6, 6.07) is 5.55. The Hall–Kier alpha value is -1.13. The predicted octanol–water partition coefficient (Wildman–Crippen LogP) is 2.83. The van der Waals surface area contributed by atoms with E-state index in [-0.39, 0.29) is 16.7 Å². The number of nitrogens with one attached hydrogen (secondary N) is 1. The Labute approximate surface area is 129 Å². The lowest BCUT2D eigenvalue weighted by Crippen LogP contribution is -2.38. The molecule has 114 valence electrons. The fourth-order valence-electron chi connectivity index (χ4n) is 3.66. The highest BCUT2D eigenvalue weighted by Crippen LogP contribution is 2.38. The molecule has 0 unspecified atom stereocenters. The highest BCUT2D eigenvalue weighted by molar-refractivity contribution is 6.30. The third-order valence-electron chi connectivity index (χ3n) is 4.90. The molecule has 1 saturated carbocycles. The summed E-state index contributed by atoms with van der Waals surface area (Å²) in [6.45, 7) is 1.34. The van der Waals surface area contributed by atoms with Gasteiger partial charge in [0.25, 0.3) is 0 Å². The summed E-state index contributed by atoms with van der Waals surface area (Å²) >= 11 is 5.83. The highest BCUT2D eigenvalue weighted by Gasteiger charge is 2.39. The van der Waals surface area contributed by atoms with Crippen LogP contribution in [0.15, 0.2) is 18.2 Å². The van der Waals surface area contributed by atoms with E-state index in [1.807, 2.05) is 7.05 Å². The second-order valence-corrected chi connectivity index (χ2v) is 6.69. The third-order valence-corrected chi connectivity index (χ3v) is 5.19. The second kappa shape index (κ2) is 5.93. The van der Waals surface area contributed by atoms with Crippen molar-refractivity contribution in [1.29, 1.82) is 0 Å². The molecule has 3 nitrogen and oxygen atoms in total. The number of benzene rings is 1. The Morgan fingerprint density at radius 2 is 2.14 bits per heavy atom. The number of carbonyl (C=O) groups is 1. The lowest BCUT2D eigenvalue weighted by atomic mass is 9.89. The number of piperidine rings is 1. The summed E-state index contributed by atoms with van der Waals surface area (Å²) in [5.41, 5.74) is 0.633. The summed E-state index contributed by atoms with van der Waals surface area (Å²) in [6.07, 6.45) is 2.74. The maximum absolute atomic E-state index is 14.0. The van der Waals surface area contributed by atoms with Crippen LogP contribution in [0.2, 0.25) is 5.02 Å². The molecule has 1 N–H and O–H groups in total. The standard InChI is InChI=1S/C16H20ClFN2O/c1-20(9-10-3-2-4-14(17)16(10)18)13-5-11-7-15(21)19-8-12(11)6-13/h2-4,11-13H,5-9H2,1H3,(H,19,21)/t11-,12+,13-/m0/s1. The molecule has 1 aromatic carbocycles. The van der Waals surface area contributed by atoms with E-state index in [2.05, 4.69) is 10.2 Å². The van der Waals surface area contributed by atoms with Gasteiger partial charge in [0.1, 0.15) is 5.82 Å². The predicted molar refractivity (Wildman–Crippen MR) is 80.5 cm³/mol. The Kier molecular flexibility index (Phi) is 4.18. The maximum Gasteiger partial charge on any atom is 0.220 e. The molecule has 0 spiro atoms. The Bertz CT molecular complexity index is 551. The lowest BCUT2D eigenvalue weighted by molar-refractivity contribution is -0.124.